The number of benzene rings is 2. The van der Waals surface area contributed by atoms with Gasteiger partial charge in [0.15, 0.2) is 5.79 Å². The molecule has 5 nitrogen and oxygen atoms in total. The maximum atomic E-state index is 6.37. The summed E-state index contributed by atoms with van der Waals surface area (Å²) in [5, 5.41) is 0.739. The van der Waals surface area contributed by atoms with Crippen molar-refractivity contribution in [1.29, 1.82) is 0 Å². The Morgan fingerprint density at radius 1 is 1.14 bits per heavy atom. The van der Waals surface area contributed by atoms with Gasteiger partial charge in [0.2, 0.25) is 0 Å². The Bertz CT molecular complexity index is 860. The minimum Gasteiger partial charge on any atom is -0.491 e. The summed E-state index contributed by atoms with van der Waals surface area (Å²) in [5.74, 6) is 0.129. The normalized spacial score (nSPS) is 20.9. The molecule has 1 aliphatic rings. The zero-order chi connectivity index (χ0) is 19.2. The number of aromatic nitrogens is 2. The Hall–Kier alpha value is -2.05. The number of aryl methyl sites for hydroxylation is 1. The summed E-state index contributed by atoms with van der Waals surface area (Å²) in [6, 6.07) is 17.7. The van der Waals surface area contributed by atoms with E-state index in [-0.39, 0.29) is 18.5 Å². The molecular weight excluding hydrogens is 411 g/mol. The molecule has 29 heavy (non-hydrogen) atoms. The first-order chi connectivity index (χ1) is 13.7. The summed E-state index contributed by atoms with van der Waals surface area (Å²) in [7, 11) is 0. The Morgan fingerprint density at radius 3 is 2.66 bits per heavy atom. The fourth-order valence-corrected chi connectivity index (χ4v) is 3.47. The number of rotatable bonds is 8. The van der Waals surface area contributed by atoms with Crippen LogP contribution in [0.2, 0.25) is 5.02 Å². The molecule has 0 aliphatic carbocycles. The van der Waals surface area contributed by atoms with E-state index in [0.29, 0.717) is 19.8 Å². The van der Waals surface area contributed by atoms with Crippen molar-refractivity contribution >= 4 is 24.0 Å². The van der Waals surface area contributed by atoms with Gasteiger partial charge in [-0.15, -0.1) is 12.4 Å². The molecule has 2 aromatic carbocycles. The molecule has 3 aromatic rings. The van der Waals surface area contributed by atoms with Crippen LogP contribution in [-0.4, -0.2) is 34.7 Å². The fraction of sp³-hybridized carbons (Fsp3) is 0.318. The van der Waals surface area contributed by atoms with Crippen molar-refractivity contribution in [3.8, 4) is 5.75 Å². The van der Waals surface area contributed by atoms with Crippen molar-refractivity contribution in [3.05, 3.63) is 83.9 Å². The standard InChI is InChI=1S/C22H23ClN2O3.ClH/c23-19-8-6-18(7-9-19)10-11-22(16-25-13-12-24-17-25)27-15-21(28-22)14-26-20-4-2-1-3-5-20;/h1-9,12-13,17,21H,10-11,14-16H2;1H. The van der Waals surface area contributed by atoms with Gasteiger partial charge in [-0.3, -0.25) is 0 Å². The number of ether oxygens (including phenoxy) is 3. The lowest BCUT2D eigenvalue weighted by Crippen LogP contribution is -2.37. The predicted octanol–water partition coefficient (Wildman–Crippen LogP) is 4.78. The Labute approximate surface area is 182 Å². The number of para-hydroxylation sites is 1. The van der Waals surface area contributed by atoms with Gasteiger partial charge in [-0.25, -0.2) is 4.98 Å². The number of hydrogen-bond acceptors (Lipinski definition) is 4. The molecule has 0 bridgehead atoms. The molecule has 2 heterocycles. The zero-order valence-corrected chi connectivity index (χ0v) is 17.5. The van der Waals surface area contributed by atoms with E-state index in [0.717, 1.165) is 23.6 Å². The van der Waals surface area contributed by atoms with Gasteiger partial charge in [0.05, 0.1) is 19.5 Å². The summed E-state index contributed by atoms with van der Waals surface area (Å²) < 4.78 is 20.4. The topological polar surface area (TPSA) is 45.5 Å². The van der Waals surface area contributed by atoms with E-state index in [1.165, 1.54) is 5.56 Å². The quantitative estimate of drug-likeness (QED) is 0.511. The maximum Gasteiger partial charge on any atom is 0.187 e. The molecule has 0 saturated carbocycles. The average molecular weight is 435 g/mol. The van der Waals surface area contributed by atoms with Crippen LogP contribution in [-0.2, 0) is 22.4 Å². The van der Waals surface area contributed by atoms with Gasteiger partial charge in [-0.2, -0.15) is 0 Å². The van der Waals surface area contributed by atoms with Gasteiger partial charge >= 0.3 is 0 Å². The zero-order valence-electron chi connectivity index (χ0n) is 15.9. The SMILES string of the molecule is Cl.Clc1ccc(CCC2(Cn3ccnc3)OCC(COc3ccccc3)O2)cc1. The molecule has 0 radical (unpaired) electrons. The predicted molar refractivity (Wildman–Crippen MR) is 115 cm³/mol. The molecule has 7 heteroatoms. The van der Waals surface area contributed by atoms with Crippen molar-refractivity contribution in [3.63, 3.8) is 0 Å². The first kappa shape index (κ1) is 21.7. The average Bonchev–Trinajstić information content (AvgIpc) is 3.38. The number of imidazole rings is 1. The minimum absolute atomic E-state index is 0. The molecular formula is C22H24Cl2N2O3. The van der Waals surface area contributed by atoms with E-state index in [2.05, 4.69) is 4.98 Å². The number of halogens is 2. The third-order valence-corrected chi connectivity index (χ3v) is 5.04. The molecule has 4 rings (SSSR count). The molecule has 2 atom stereocenters. The number of nitrogens with zero attached hydrogens (tertiary/aromatic N) is 2. The Balaban J connectivity index is 0.00000240. The molecule has 1 saturated heterocycles. The van der Waals surface area contributed by atoms with E-state index >= 15 is 0 Å². The van der Waals surface area contributed by atoms with Crippen LogP contribution in [0.15, 0.2) is 73.3 Å². The second kappa shape index (κ2) is 10.1. The van der Waals surface area contributed by atoms with Crippen LogP contribution in [0.25, 0.3) is 0 Å². The summed E-state index contributed by atoms with van der Waals surface area (Å²) >= 11 is 5.99. The van der Waals surface area contributed by atoms with E-state index in [1.807, 2.05) is 65.4 Å². The highest BCUT2D eigenvalue weighted by atomic mass is 35.5. The van der Waals surface area contributed by atoms with Gasteiger partial charge in [-0.05, 0) is 36.2 Å². The lowest BCUT2D eigenvalue weighted by molar-refractivity contribution is -0.184. The van der Waals surface area contributed by atoms with Crippen molar-refractivity contribution in [2.75, 3.05) is 13.2 Å². The van der Waals surface area contributed by atoms with Crippen LogP contribution < -0.4 is 4.74 Å². The first-order valence-electron chi connectivity index (χ1n) is 9.41. The van der Waals surface area contributed by atoms with Gasteiger partial charge in [-0.1, -0.05) is 41.9 Å². The highest BCUT2D eigenvalue weighted by Crippen LogP contribution is 2.31. The molecule has 154 valence electrons. The van der Waals surface area contributed by atoms with Gasteiger partial charge < -0.3 is 18.8 Å². The van der Waals surface area contributed by atoms with Crippen LogP contribution in [0.5, 0.6) is 5.75 Å². The van der Waals surface area contributed by atoms with Crippen LogP contribution in [0.3, 0.4) is 0 Å². The monoisotopic (exact) mass is 434 g/mol. The largest absolute Gasteiger partial charge is 0.491 e. The van der Waals surface area contributed by atoms with Crippen LogP contribution in [0.4, 0.5) is 0 Å². The third kappa shape index (κ3) is 5.97. The van der Waals surface area contributed by atoms with Gasteiger partial charge in [0.1, 0.15) is 18.5 Å². The molecule has 1 aromatic heterocycles. The fourth-order valence-electron chi connectivity index (χ4n) is 3.34. The third-order valence-electron chi connectivity index (χ3n) is 4.78. The lowest BCUT2D eigenvalue weighted by atomic mass is 10.0. The molecule has 0 amide bonds. The van der Waals surface area contributed by atoms with E-state index in [9.17, 15) is 0 Å². The second-order valence-electron chi connectivity index (χ2n) is 6.95. The Morgan fingerprint density at radius 2 is 1.93 bits per heavy atom. The van der Waals surface area contributed by atoms with E-state index in [4.69, 9.17) is 25.8 Å². The van der Waals surface area contributed by atoms with Crippen molar-refractivity contribution < 1.29 is 14.2 Å². The van der Waals surface area contributed by atoms with Crippen molar-refractivity contribution in [2.45, 2.75) is 31.3 Å². The molecule has 2 unspecified atom stereocenters. The van der Waals surface area contributed by atoms with E-state index in [1.54, 1.807) is 12.5 Å². The highest BCUT2D eigenvalue weighted by molar-refractivity contribution is 6.30. The summed E-state index contributed by atoms with van der Waals surface area (Å²) in [6.45, 7) is 1.54. The van der Waals surface area contributed by atoms with Crippen molar-refractivity contribution in [1.82, 2.24) is 9.55 Å². The van der Waals surface area contributed by atoms with Gasteiger partial charge in [0, 0.05) is 23.8 Å². The summed E-state index contributed by atoms with van der Waals surface area (Å²) in [5.41, 5.74) is 1.20. The molecule has 0 N–H and O–H groups in total. The van der Waals surface area contributed by atoms with Crippen LogP contribution >= 0.6 is 24.0 Å². The smallest absolute Gasteiger partial charge is 0.187 e. The van der Waals surface area contributed by atoms with Crippen molar-refractivity contribution in [2.24, 2.45) is 0 Å². The van der Waals surface area contributed by atoms with Crippen LogP contribution in [0.1, 0.15) is 12.0 Å². The van der Waals surface area contributed by atoms with E-state index < -0.39 is 5.79 Å². The van der Waals surface area contributed by atoms with Crippen LogP contribution in [0, 0.1) is 0 Å². The molecule has 1 fully saturated rings. The molecule has 0 spiro atoms. The maximum absolute atomic E-state index is 6.37. The number of hydrogen-bond donors (Lipinski definition) is 0. The first-order valence-corrected chi connectivity index (χ1v) is 9.78. The minimum atomic E-state index is -0.703. The molecule has 1 aliphatic heterocycles. The summed E-state index contributed by atoms with van der Waals surface area (Å²) in [4.78, 5) is 4.13. The highest BCUT2D eigenvalue weighted by Gasteiger charge is 2.42. The Kier molecular flexibility index (Phi) is 7.56. The van der Waals surface area contributed by atoms with Gasteiger partial charge in [0.25, 0.3) is 0 Å². The summed E-state index contributed by atoms with van der Waals surface area (Å²) in [6.07, 6.45) is 6.91. The second-order valence-corrected chi connectivity index (χ2v) is 7.38. The lowest BCUT2D eigenvalue weighted by Gasteiger charge is -2.28.